The smallest absolute Gasteiger partial charge is 0.110 e. The Labute approximate surface area is 143 Å². The van der Waals surface area contributed by atoms with Gasteiger partial charge in [-0.15, -0.1) is 0 Å². The van der Waals surface area contributed by atoms with Crippen molar-refractivity contribution in [1.29, 1.82) is 0 Å². The molecular formula is C18H28N4O2. The maximum absolute atomic E-state index is 10.3. The number of aliphatic hydroxyl groups is 1. The van der Waals surface area contributed by atoms with E-state index in [0.717, 1.165) is 56.9 Å². The number of likely N-dealkylation sites (N-methyl/N-ethyl adjacent to an activating group) is 1. The minimum absolute atomic E-state index is 0.521. The van der Waals surface area contributed by atoms with Crippen molar-refractivity contribution in [3.8, 4) is 0 Å². The monoisotopic (exact) mass is 332 g/mol. The SMILES string of the molecule is CN(C)CC(O)c1cc2n(n1)CCCN(CCCc1ccco1)C2. The van der Waals surface area contributed by atoms with Gasteiger partial charge in [0, 0.05) is 32.6 Å². The topological polar surface area (TPSA) is 57.7 Å². The lowest BCUT2D eigenvalue weighted by atomic mass is 10.2. The van der Waals surface area contributed by atoms with Crippen LogP contribution in [-0.2, 0) is 19.5 Å². The van der Waals surface area contributed by atoms with Crippen LogP contribution < -0.4 is 0 Å². The summed E-state index contributed by atoms with van der Waals surface area (Å²) >= 11 is 0. The number of rotatable bonds is 7. The minimum Gasteiger partial charge on any atom is -0.469 e. The van der Waals surface area contributed by atoms with Gasteiger partial charge in [0.1, 0.15) is 11.9 Å². The summed E-state index contributed by atoms with van der Waals surface area (Å²) in [4.78, 5) is 4.46. The highest BCUT2D eigenvalue weighted by Crippen LogP contribution is 2.19. The van der Waals surface area contributed by atoms with Gasteiger partial charge in [0.15, 0.2) is 0 Å². The Morgan fingerprint density at radius 3 is 3.00 bits per heavy atom. The summed E-state index contributed by atoms with van der Waals surface area (Å²) < 4.78 is 7.47. The van der Waals surface area contributed by atoms with Crippen molar-refractivity contribution in [2.24, 2.45) is 0 Å². The third-order valence-corrected chi connectivity index (χ3v) is 4.47. The first-order chi connectivity index (χ1) is 11.6. The number of hydrogen-bond acceptors (Lipinski definition) is 5. The highest BCUT2D eigenvalue weighted by Gasteiger charge is 2.20. The standard InChI is InChI=1S/C18H28N4O2/c1-20(2)14-18(23)17-12-15-13-21(9-5-10-22(15)19-17)8-3-6-16-7-4-11-24-16/h4,7,11-12,18,23H,3,5-6,8-10,13-14H2,1-2H3. The molecule has 1 N–H and O–H groups in total. The van der Waals surface area contributed by atoms with Crippen molar-refractivity contribution in [2.45, 2.75) is 38.5 Å². The Morgan fingerprint density at radius 1 is 1.38 bits per heavy atom. The first-order valence-corrected chi connectivity index (χ1v) is 8.76. The molecule has 24 heavy (non-hydrogen) atoms. The number of fused-ring (bicyclic) bond motifs is 1. The molecule has 1 unspecified atom stereocenters. The molecule has 0 radical (unpaired) electrons. The van der Waals surface area contributed by atoms with Gasteiger partial charge >= 0.3 is 0 Å². The Bertz CT molecular complexity index is 621. The third kappa shape index (κ3) is 4.47. The summed E-state index contributed by atoms with van der Waals surface area (Å²) in [5, 5.41) is 14.9. The lowest BCUT2D eigenvalue weighted by Gasteiger charge is -2.19. The van der Waals surface area contributed by atoms with Gasteiger partial charge in [0.05, 0.1) is 17.7 Å². The van der Waals surface area contributed by atoms with Crippen LogP contribution in [0, 0.1) is 0 Å². The average molecular weight is 332 g/mol. The molecule has 6 heteroatoms. The van der Waals surface area contributed by atoms with Crippen LogP contribution in [-0.4, -0.2) is 58.4 Å². The van der Waals surface area contributed by atoms with E-state index in [4.69, 9.17) is 4.42 Å². The predicted octanol–water partition coefficient (Wildman–Crippen LogP) is 1.91. The largest absolute Gasteiger partial charge is 0.469 e. The fourth-order valence-electron chi connectivity index (χ4n) is 3.28. The van der Waals surface area contributed by atoms with Gasteiger partial charge in [-0.3, -0.25) is 9.58 Å². The highest BCUT2D eigenvalue weighted by molar-refractivity contribution is 5.14. The van der Waals surface area contributed by atoms with E-state index in [9.17, 15) is 5.11 Å². The molecule has 2 aromatic heterocycles. The molecule has 0 saturated heterocycles. The molecule has 1 atom stereocenters. The molecule has 1 aliphatic heterocycles. The van der Waals surface area contributed by atoms with Gasteiger partial charge in [0.2, 0.25) is 0 Å². The van der Waals surface area contributed by atoms with Crippen LogP contribution in [0.4, 0.5) is 0 Å². The Balaban J connectivity index is 1.57. The molecule has 0 spiro atoms. The molecule has 0 amide bonds. The summed E-state index contributed by atoms with van der Waals surface area (Å²) in [7, 11) is 3.93. The van der Waals surface area contributed by atoms with Crippen LogP contribution in [0.3, 0.4) is 0 Å². The summed E-state index contributed by atoms with van der Waals surface area (Å²) in [6.07, 6.45) is 4.39. The van der Waals surface area contributed by atoms with E-state index in [-0.39, 0.29) is 0 Å². The van der Waals surface area contributed by atoms with Crippen molar-refractivity contribution >= 4 is 0 Å². The quantitative estimate of drug-likeness (QED) is 0.839. The summed E-state index contributed by atoms with van der Waals surface area (Å²) in [5.74, 6) is 1.06. The molecule has 6 nitrogen and oxygen atoms in total. The second kappa shape index (κ2) is 7.96. The molecule has 0 aromatic carbocycles. The molecule has 0 aliphatic carbocycles. The molecule has 1 aliphatic rings. The third-order valence-electron chi connectivity index (χ3n) is 4.47. The number of hydrogen-bond donors (Lipinski definition) is 1. The zero-order valence-corrected chi connectivity index (χ0v) is 14.7. The number of furan rings is 1. The van der Waals surface area contributed by atoms with Crippen LogP contribution in [0.25, 0.3) is 0 Å². The summed E-state index contributed by atoms with van der Waals surface area (Å²) in [5.41, 5.74) is 1.99. The van der Waals surface area contributed by atoms with E-state index in [1.807, 2.05) is 31.1 Å². The molecule has 0 fully saturated rings. The fourth-order valence-corrected chi connectivity index (χ4v) is 3.28. The molecule has 0 saturated carbocycles. The zero-order chi connectivity index (χ0) is 16.9. The lowest BCUT2D eigenvalue weighted by molar-refractivity contribution is 0.133. The van der Waals surface area contributed by atoms with Gasteiger partial charge in [-0.05, 0) is 51.7 Å². The van der Waals surface area contributed by atoms with Crippen LogP contribution in [0.1, 0.15) is 36.1 Å². The summed E-state index contributed by atoms with van der Waals surface area (Å²) in [6.45, 7) is 4.58. The van der Waals surface area contributed by atoms with Crippen molar-refractivity contribution < 1.29 is 9.52 Å². The van der Waals surface area contributed by atoms with Gasteiger partial charge < -0.3 is 14.4 Å². The van der Waals surface area contributed by atoms with Crippen LogP contribution in [0.2, 0.25) is 0 Å². The number of aryl methyl sites for hydroxylation is 2. The maximum Gasteiger partial charge on any atom is 0.110 e. The second-order valence-electron chi connectivity index (χ2n) is 6.87. The summed E-state index contributed by atoms with van der Waals surface area (Å²) in [6, 6.07) is 6.05. The Hall–Kier alpha value is -1.63. The van der Waals surface area contributed by atoms with Crippen molar-refractivity contribution in [2.75, 3.05) is 33.7 Å². The molecule has 0 bridgehead atoms. The van der Waals surface area contributed by atoms with Crippen LogP contribution in [0.15, 0.2) is 28.9 Å². The normalized spacial score (nSPS) is 17.0. The predicted molar refractivity (Wildman–Crippen MR) is 92.7 cm³/mol. The molecule has 132 valence electrons. The van der Waals surface area contributed by atoms with E-state index in [1.165, 1.54) is 5.69 Å². The molecule has 3 heterocycles. The van der Waals surface area contributed by atoms with Gasteiger partial charge in [-0.2, -0.15) is 5.10 Å². The fraction of sp³-hybridized carbons (Fsp3) is 0.611. The van der Waals surface area contributed by atoms with E-state index in [2.05, 4.69) is 20.7 Å². The van der Waals surface area contributed by atoms with Crippen molar-refractivity contribution in [1.82, 2.24) is 19.6 Å². The van der Waals surface area contributed by atoms with Crippen molar-refractivity contribution in [3.05, 3.63) is 41.6 Å². The van der Waals surface area contributed by atoms with E-state index in [0.29, 0.717) is 6.54 Å². The number of aliphatic hydroxyl groups excluding tert-OH is 1. The zero-order valence-electron chi connectivity index (χ0n) is 14.7. The maximum atomic E-state index is 10.3. The Kier molecular flexibility index (Phi) is 5.71. The molecule has 3 rings (SSSR count). The number of aromatic nitrogens is 2. The lowest BCUT2D eigenvalue weighted by Crippen LogP contribution is -2.24. The van der Waals surface area contributed by atoms with E-state index in [1.54, 1.807) is 6.26 Å². The Morgan fingerprint density at radius 2 is 2.25 bits per heavy atom. The number of nitrogens with zero attached hydrogens (tertiary/aromatic N) is 4. The van der Waals surface area contributed by atoms with Crippen LogP contribution in [0.5, 0.6) is 0 Å². The van der Waals surface area contributed by atoms with Crippen molar-refractivity contribution in [3.63, 3.8) is 0 Å². The van der Waals surface area contributed by atoms with Gasteiger partial charge in [0.25, 0.3) is 0 Å². The van der Waals surface area contributed by atoms with Crippen LogP contribution >= 0.6 is 0 Å². The molecule has 2 aromatic rings. The first-order valence-electron chi connectivity index (χ1n) is 8.76. The van der Waals surface area contributed by atoms with Gasteiger partial charge in [-0.25, -0.2) is 0 Å². The first kappa shape index (κ1) is 17.2. The highest BCUT2D eigenvalue weighted by atomic mass is 16.3. The molecular weight excluding hydrogens is 304 g/mol. The minimum atomic E-state index is -0.521. The van der Waals surface area contributed by atoms with Gasteiger partial charge in [-0.1, -0.05) is 0 Å². The second-order valence-corrected chi connectivity index (χ2v) is 6.87. The van der Waals surface area contributed by atoms with E-state index >= 15 is 0 Å². The van der Waals surface area contributed by atoms with E-state index < -0.39 is 6.10 Å². The average Bonchev–Trinajstić information content (AvgIpc) is 3.13.